The third-order valence-corrected chi connectivity index (χ3v) is 2.12. The molecule has 1 aromatic heterocycles. The van der Waals surface area contributed by atoms with Crippen LogP contribution in [-0.4, -0.2) is 27.7 Å². The number of carboxylic acids is 1. The zero-order valence-corrected chi connectivity index (χ0v) is 9.51. The summed E-state index contributed by atoms with van der Waals surface area (Å²) in [7, 11) is 0. The van der Waals surface area contributed by atoms with Crippen molar-refractivity contribution in [3.8, 4) is 5.88 Å². The molecule has 0 aliphatic heterocycles. The molecule has 0 radical (unpaired) electrons. The van der Waals surface area contributed by atoms with E-state index in [0.29, 0.717) is 24.7 Å². The van der Waals surface area contributed by atoms with Gasteiger partial charge in [-0.2, -0.15) is 4.98 Å². The summed E-state index contributed by atoms with van der Waals surface area (Å²) in [6.45, 7) is 4.36. The first kappa shape index (κ1) is 12.4. The van der Waals surface area contributed by atoms with Crippen molar-refractivity contribution in [2.24, 2.45) is 0 Å². The van der Waals surface area contributed by atoms with Gasteiger partial charge in [-0.1, -0.05) is 13.8 Å². The summed E-state index contributed by atoms with van der Waals surface area (Å²) in [4.78, 5) is 19.0. The molecule has 0 saturated carbocycles. The van der Waals surface area contributed by atoms with Crippen molar-refractivity contribution in [2.45, 2.75) is 32.6 Å². The minimum atomic E-state index is -0.907. The standard InChI is InChI=1S/C11H16N2O3/c1-3-7-16-9-5-6-12-10(13-9)8(4-2)11(14)15/h5-6,8H,3-4,7H2,1-2H3,(H,14,15). The molecule has 1 unspecified atom stereocenters. The van der Waals surface area contributed by atoms with Crippen molar-refractivity contribution < 1.29 is 14.6 Å². The van der Waals surface area contributed by atoms with E-state index in [4.69, 9.17) is 9.84 Å². The molecule has 0 bridgehead atoms. The number of rotatable bonds is 6. The molecule has 16 heavy (non-hydrogen) atoms. The van der Waals surface area contributed by atoms with Crippen molar-refractivity contribution in [2.75, 3.05) is 6.61 Å². The summed E-state index contributed by atoms with van der Waals surface area (Å²) in [5, 5.41) is 8.97. The highest BCUT2D eigenvalue weighted by Crippen LogP contribution is 2.17. The van der Waals surface area contributed by atoms with Crippen LogP contribution in [0, 0.1) is 0 Å². The number of aromatic nitrogens is 2. The van der Waals surface area contributed by atoms with Crippen molar-refractivity contribution in [1.82, 2.24) is 9.97 Å². The van der Waals surface area contributed by atoms with Gasteiger partial charge in [0.2, 0.25) is 5.88 Å². The van der Waals surface area contributed by atoms with Gasteiger partial charge in [0, 0.05) is 12.3 Å². The maximum Gasteiger partial charge on any atom is 0.314 e. The molecule has 88 valence electrons. The Balaban J connectivity index is 2.83. The highest BCUT2D eigenvalue weighted by atomic mass is 16.5. The number of nitrogens with zero attached hydrogens (tertiary/aromatic N) is 2. The van der Waals surface area contributed by atoms with Gasteiger partial charge in [-0.15, -0.1) is 0 Å². The lowest BCUT2D eigenvalue weighted by Gasteiger charge is -2.09. The quantitative estimate of drug-likeness (QED) is 0.798. The van der Waals surface area contributed by atoms with Crippen LogP contribution >= 0.6 is 0 Å². The Morgan fingerprint density at radius 1 is 1.56 bits per heavy atom. The zero-order chi connectivity index (χ0) is 12.0. The molecule has 5 heteroatoms. The molecule has 1 aromatic rings. The minimum Gasteiger partial charge on any atom is -0.481 e. The Morgan fingerprint density at radius 3 is 2.88 bits per heavy atom. The van der Waals surface area contributed by atoms with Crippen LogP contribution in [-0.2, 0) is 4.79 Å². The van der Waals surface area contributed by atoms with Crippen molar-refractivity contribution >= 4 is 5.97 Å². The molecular weight excluding hydrogens is 208 g/mol. The fourth-order valence-corrected chi connectivity index (χ4v) is 1.28. The maximum absolute atomic E-state index is 10.9. The molecule has 0 amide bonds. The predicted molar refractivity (Wildman–Crippen MR) is 58.5 cm³/mol. The van der Waals surface area contributed by atoms with E-state index in [1.807, 2.05) is 6.92 Å². The molecule has 1 rings (SSSR count). The van der Waals surface area contributed by atoms with Gasteiger partial charge in [0.15, 0.2) is 0 Å². The number of ether oxygens (including phenoxy) is 1. The highest BCUT2D eigenvalue weighted by Gasteiger charge is 2.20. The fraction of sp³-hybridized carbons (Fsp3) is 0.545. The lowest BCUT2D eigenvalue weighted by atomic mass is 10.1. The van der Waals surface area contributed by atoms with Crippen LogP contribution in [0.3, 0.4) is 0 Å². The van der Waals surface area contributed by atoms with Crippen LogP contribution in [0.2, 0.25) is 0 Å². The van der Waals surface area contributed by atoms with Gasteiger partial charge in [-0.3, -0.25) is 4.79 Å². The zero-order valence-electron chi connectivity index (χ0n) is 9.51. The Hall–Kier alpha value is -1.65. The van der Waals surface area contributed by atoms with Gasteiger partial charge in [0.1, 0.15) is 11.7 Å². The third kappa shape index (κ3) is 3.18. The smallest absolute Gasteiger partial charge is 0.314 e. The summed E-state index contributed by atoms with van der Waals surface area (Å²) in [5.74, 6) is -0.824. The molecule has 1 N–H and O–H groups in total. The second-order valence-corrected chi connectivity index (χ2v) is 3.40. The maximum atomic E-state index is 10.9. The Morgan fingerprint density at radius 2 is 2.31 bits per heavy atom. The topological polar surface area (TPSA) is 72.3 Å². The van der Waals surface area contributed by atoms with Crippen LogP contribution in [0.4, 0.5) is 0 Å². The molecule has 0 aliphatic carbocycles. The van der Waals surface area contributed by atoms with Crippen LogP contribution < -0.4 is 4.74 Å². The number of carboxylic acid groups (broad SMARTS) is 1. The molecule has 0 saturated heterocycles. The first-order valence-electron chi connectivity index (χ1n) is 5.37. The fourth-order valence-electron chi connectivity index (χ4n) is 1.28. The summed E-state index contributed by atoms with van der Waals surface area (Å²) >= 11 is 0. The Kier molecular flexibility index (Phi) is 4.69. The average Bonchev–Trinajstić information content (AvgIpc) is 2.27. The van der Waals surface area contributed by atoms with Gasteiger partial charge >= 0.3 is 5.97 Å². The van der Waals surface area contributed by atoms with E-state index in [9.17, 15) is 4.79 Å². The van der Waals surface area contributed by atoms with E-state index in [1.165, 1.54) is 6.20 Å². The van der Waals surface area contributed by atoms with Crippen LogP contribution in [0.25, 0.3) is 0 Å². The van der Waals surface area contributed by atoms with E-state index in [0.717, 1.165) is 6.42 Å². The largest absolute Gasteiger partial charge is 0.481 e. The van der Waals surface area contributed by atoms with E-state index in [-0.39, 0.29) is 0 Å². The third-order valence-electron chi connectivity index (χ3n) is 2.12. The molecule has 0 aromatic carbocycles. The normalized spacial score (nSPS) is 12.1. The van der Waals surface area contributed by atoms with Gasteiger partial charge in [-0.05, 0) is 12.8 Å². The molecule has 0 aliphatic rings. The Bertz CT molecular complexity index is 355. The number of aliphatic carboxylic acids is 1. The van der Waals surface area contributed by atoms with Gasteiger partial charge in [-0.25, -0.2) is 4.98 Å². The lowest BCUT2D eigenvalue weighted by molar-refractivity contribution is -0.139. The van der Waals surface area contributed by atoms with Crippen LogP contribution in [0.1, 0.15) is 38.4 Å². The first-order valence-corrected chi connectivity index (χ1v) is 5.37. The molecule has 0 spiro atoms. The number of hydrogen-bond donors (Lipinski definition) is 1. The van der Waals surface area contributed by atoms with Gasteiger partial charge in [0.25, 0.3) is 0 Å². The SMILES string of the molecule is CCCOc1ccnc(C(CC)C(=O)O)n1. The summed E-state index contributed by atoms with van der Waals surface area (Å²) in [5.41, 5.74) is 0. The number of hydrogen-bond acceptors (Lipinski definition) is 4. The molecule has 0 fully saturated rings. The van der Waals surface area contributed by atoms with Crippen LogP contribution in [0.5, 0.6) is 5.88 Å². The highest BCUT2D eigenvalue weighted by molar-refractivity contribution is 5.74. The van der Waals surface area contributed by atoms with Crippen molar-refractivity contribution in [1.29, 1.82) is 0 Å². The van der Waals surface area contributed by atoms with E-state index < -0.39 is 11.9 Å². The second kappa shape index (κ2) is 6.05. The summed E-state index contributed by atoms with van der Waals surface area (Å²) < 4.78 is 5.33. The van der Waals surface area contributed by atoms with E-state index in [2.05, 4.69) is 9.97 Å². The molecule has 1 atom stereocenters. The minimum absolute atomic E-state index is 0.309. The van der Waals surface area contributed by atoms with E-state index in [1.54, 1.807) is 13.0 Å². The Labute approximate surface area is 94.5 Å². The summed E-state index contributed by atoms with van der Waals surface area (Å²) in [6, 6.07) is 1.63. The van der Waals surface area contributed by atoms with E-state index >= 15 is 0 Å². The number of carbonyl (C=O) groups is 1. The first-order chi connectivity index (χ1) is 7.69. The monoisotopic (exact) mass is 224 g/mol. The molecule has 5 nitrogen and oxygen atoms in total. The predicted octanol–water partition coefficient (Wildman–Crippen LogP) is 1.84. The molecular formula is C11H16N2O3. The van der Waals surface area contributed by atoms with Crippen LogP contribution in [0.15, 0.2) is 12.3 Å². The average molecular weight is 224 g/mol. The van der Waals surface area contributed by atoms with Gasteiger partial charge < -0.3 is 9.84 Å². The second-order valence-electron chi connectivity index (χ2n) is 3.40. The van der Waals surface area contributed by atoms with Crippen molar-refractivity contribution in [3.63, 3.8) is 0 Å². The molecule has 1 heterocycles. The van der Waals surface area contributed by atoms with Gasteiger partial charge in [0.05, 0.1) is 6.61 Å². The lowest BCUT2D eigenvalue weighted by Crippen LogP contribution is -2.14. The summed E-state index contributed by atoms with van der Waals surface area (Å²) in [6.07, 6.45) is 2.88. The van der Waals surface area contributed by atoms with Crippen molar-refractivity contribution in [3.05, 3.63) is 18.1 Å².